The smallest absolute Gasteiger partial charge is 0.131 e. The van der Waals surface area contributed by atoms with Crippen LogP contribution in [0.1, 0.15) is 0 Å². The molecule has 81 valence electrons. The van der Waals surface area contributed by atoms with Crippen molar-refractivity contribution in [2.45, 2.75) is 0 Å². The van der Waals surface area contributed by atoms with E-state index in [1.807, 2.05) is 6.07 Å². The Morgan fingerprint density at radius 2 is 2.12 bits per heavy atom. The van der Waals surface area contributed by atoms with E-state index < -0.39 is 0 Å². The highest BCUT2D eigenvalue weighted by Gasteiger charge is 2.10. The zero-order chi connectivity index (χ0) is 11.5. The van der Waals surface area contributed by atoms with Crippen LogP contribution >= 0.6 is 22.6 Å². The molecular formula is C13H9FIO. The molecule has 0 heterocycles. The Bertz CT molecular complexity index is 511. The van der Waals surface area contributed by atoms with Crippen molar-refractivity contribution in [3.63, 3.8) is 0 Å². The highest BCUT2D eigenvalue weighted by atomic mass is 127. The summed E-state index contributed by atoms with van der Waals surface area (Å²) < 4.78 is 19.9. The molecule has 0 saturated heterocycles. The van der Waals surface area contributed by atoms with Gasteiger partial charge in [-0.15, -0.1) is 0 Å². The lowest BCUT2D eigenvalue weighted by molar-refractivity contribution is 0.416. The number of hydrogen-bond acceptors (Lipinski definition) is 1. The second kappa shape index (κ2) is 4.82. The van der Waals surface area contributed by atoms with E-state index in [0.717, 1.165) is 3.57 Å². The van der Waals surface area contributed by atoms with Crippen LogP contribution in [-0.4, -0.2) is 7.11 Å². The van der Waals surface area contributed by atoms with Crippen LogP contribution in [0.15, 0.2) is 36.4 Å². The van der Waals surface area contributed by atoms with E-state index in [-0.39, 0.29) is 5.82 Å². The minimum atomic E-state index is -0.263. The molecule has 0 N–H and O–H groups in total. The van der Waals surface area contributed by atoms with Crippen molar-refractivity contribution in [1.29, 1.82) is 0 Å². The summed E-state index contributed by atoms with van der Waals surface area (Å²) in [6, 6.07) is 13.3. The maximum Gasteiger partial charge on any atom is 0.131 e. The normalized spacial score (nSPS) is 10.2. The molecule has 0 bridgehead atoms. The summed E-state index contributed by atoms with van der Waals surface area (Å²) in [5, 5.41) is 0. The lowest BCUT2D eigenvalue weighted by Gasteiger charge is -2.09. The van der Waals surface area contributed by atoms with Crippen LogP contribution < -0.4 is 4.74 Å². The zero-order valence-electron chi connectivity index (χ0n) is 8.63. The van der Waals surface area contributed by atoms with Gasteiger partial charge in [0.1, 0.15) is 11.6 Å². The topological polar surface area (TPSA) is 9.23 Å². The summed E-state index contributed by atoms with van der Waals surface area (Å²) in [5.74, 6) is 0.365. The molecule has 0 atom stereocenters. The molecule has 0 aromatic heterocycles. The molecule has 2 aromatic rings. The summed E-state index contributed by atoms with van der Waals surface area (Å²) >= 11 is 2.15. The summed E-state index contributed by atoms with van der Waals surface area (Å²) in [7, 11) is 1.57. The Hall–Kier alpha value is -1.10. The first-order valence-corrected chi connectivity index (χ1v) is 5.80. The van der Waals surface area contributed by atoms with Gasteiger partial charge >= 0.3 is 0 Å². The fraction of sp³-hybridized carbons (Fsp3) is 0.0769. The van der Waals surface area contributed by atoms with Crippen LogP contribution in [-0.2, 0) is 0 Å². The average molecular weight is 327 g/mol. The summed E-state index contributed by atoms with van der Waals surface area (Å²) in [6.07, 6.45) is 0. The lowest BCUT2D eigenvalue weighted by Crippen LogP contribution is -1.91. The first-order valence-electron chi connectivity index (χ1n) is 4.72. The van der Waals surface area contributed by atoms with E-state index in [0.29, 0.717) is 16.9 Å². The van der Waals surface area contributed by atoms with Crippen LogP contribution in [0.3, 0.4) is 0 Å². The Morgan fingerprint density at radius 1 is 1.31 bits per heavy atom. The van der Waals surface area contributed by atoms with E-state index >= 15 is 0 Å². The third-order valence-electron chi connectivity index (χ3n) is 2.24. The van der Waals surface area contributed by atoms with E-state index in [2.05, 4.69) is 28.7 Å². The largest absolute Gasteiger partial charge is 0.496 e. The van der Waals surface area contributed by atoms with Crippen molar-refractivity contribution in [3.05, 3.63) is 51.9 Å². The molecule has 0 amide bonds. The molecule has 2 rings (SSSR count). The number of ether oxygens (including phenoxy) is 1. The Kier molecular flexibility index (Phi) is 3.43. The molecule has 0 unspecified atom stereocenters. The first kappa shape index (κ1) is 11.4. The minimum absolute atomic E-state index is 0.263. The van der Waals surface area contributed by atoms with E-state index in [9.17, 15) is 4.39 Å². The van der Waals surface area contributed by atoms with Gasteiger partial charge in [0.15, 0.2) is 0 Å². The van der Waals surface area contributed by atoms with Gasteiger partial charge in [0.2, 0.25) is 0 Å². The first-order chi connectivity index (χ1) is 7.72. The number of hydrogen-bond donors (Lipinski definition) is 0. The number of rotatable bonds is 2. The van der Waals surface area contributed by atoms with Gasteiger partial charge in [-0.1, -0.05) is 12.1 Å². The standard InChI is InChI=1S/C13H9FIO/c1-16-13-5-3-2-4-10(13)11-8-9(15)6-7-12(11)14/h2-3,5-8H,1H3. The Morgan fingerprint density at radius 3 is 2.88 bits per heavy atom. The van der Waals surface area contributed by atoms with Gasteiger partial charge in [0.05, 0.1) is 7.11 Å². The zero-order valence-corrected chi connectivity index (χ0v) is 10.8. The van der Waals surface area contributed by atoms with Crippen molar-refractivity contribution < 1.29 is 9.13 Å². The third-order valence-corrected chi connectivity index (χ3v) is 2.91. The molecule has 16 heavy (non-hydrogen) atoms. The molecule has 2 aromatic carbocycles. The Labute approximate surface area is 107 Å². The van der Waals surface area contributed by atoms with Crippen LogP contribution in [0.5, 0.6) is 5.75 Å². The highest BCUT2D eigenvalue weighted by Crippen LogP contribution is 2.31. The number of methoxy groups -OCH3 is 1. The quantitative estimate of drug-likeness (QED) is 0.760. The van der Waals surface area contributed by atoms with Crippen LogP contribution in [0.4, 0.5) is 4.39 Å². The van der Waals surface area contributed by atoms with Crippen LogP contribution in [0.2, 0.25) is 0 Å². The maximum atomic E-state index is 13.7. The van der Waals surface area contributed by atoms with Gasteiger partial charge in [-0.25, -0.2) is 4.39 Å². The van der Waals surface area contributed by atoms with Gasteiger partial charge in [0.25, 0.3) is 0 Å². The van der Waals surface area contributed by atoms with Crippen molar-refractivity contribution >= 4 is 22.6 Å². The molecule has 1 radical (unpaired) electrons. The molecule has 0 aliphatic rings. The predicted octanol–water partition coefficient (Wildman–Crippen LogP) is 3.91. The van der Waals surface area contributed by atoms with Crippen molar-refractivity contribution in [3.8, 4) is 16.9 Å². The van der Waals surface area contributed by atoms with E-state index in [1.165, 1.54) is 6.07 Å². The monoisotopic (exact) mass is 327 g/mol. The molecule has 0 saturated carbocycles. The number of benzene rings is 2. The second-order valence-corrected chi connectivity index (χ2v) is 4.48. The van der Waals surface area contributed by atoms with Gasteiger partial charge in [-0.05, 0) is 52.9 Å². The van der Waals surface area contributed by atoms with Gasteiger partial charge in [-0.3, -0.25) is 0 Å². The molecule has 0 aliphatic heterocycles. The van der Waals surface area contributed by atoms with Crippen molar-refractivity contribution in [2.75, 3.05) is 7.11 Å². The fourth-order valence-electron chi connectivity index (χ4n) is 1.49. The molecule has 0 fully saturated rings. The van der Waals surface area contributed by atoms with Gasteiger partial charge in [0, 0.05) is 14.7 Å². The van der Waals surface area contributed by atoms with Gasteiger partial charge in [-0.2, -0.15) is 0 Å². The Balaban J connectivity index is 2.62. The second-order valence-electron chi connectivity index (χ2n) is 3.24. The van der Waals surface area contributed by atoms with Gasteiger partial charge < -0.3 is 4.74 Å². The van der Waals surface area contributed by atoms with Crippen molar-refractivity contribution in [2.24, 2.45) is 0 Å². The number of halogens is 2. The highest BCUT2D eigenvalue weighted by molar-refractivity contribution is 14.1. The fourth-order valence-corrected chi connectivity index (χ4v) is 1.98. The predicted molar refractivity (Wildman–Crippen MR) is 69.9 cm³/mol. The lowest BCUT2D eigenvalue weighted by atomic mass is 10.0. The van der Waals surface area contributed by atoms with E-state index in [1.54, 1.807) is 31.4 Å². The SMILES string of the molecule is COc1ccc[c]c1-c1cc(I)ccc1F. The van der Waals surface area contributed by atoms with Crippen LogP contribution in [0.25, 0.3) is 11.1 Å². The minimum Gasteiger partial charge on any atom is -0.496 e. The molecular weight excluding hydrogens is 318 g/mol. The van der Waals surface area contributed by atoms with Crippen LogP contribution in [0, 0.1) is 15.5 Å². The molecule has 0 aliphatic carbocycles. The van der Waals surface area contributed by atoms with Crippen molar-refractivity contribution in [1.82, 2.24) is 0 Å². The average Bonchev–Trinajstić information content (AvgIpc) is 2.32. The van der Waals surface area contributed by atoms with E-state index in [4.69, 9.17) is 4.74 Å². The third kappa shape index (κ3) is 2.19. The maximum absolute atomic E-state index is 13.7. The molecule has 0 spiro atoms. The summed E-state index contributed by atoms with van der Waals surface area (Å²) in [4.78, 5) is 0. The molecule has 1 nitrogen and oxygen atoms in total. The summed E-state index contributed by atoms with van der Waals surface area (Å²) in [5.41, 5.74) is 1.17. The summed E-state index contributed by atoms with van der Waals surface area (Å²) in [6.45, 7) is 0. The molecule has 3 heteroatoms.